The number of hydrogen-bond donors (Lipinski definition) is 3. The molecule has 1 amide bonds. The molecule has 0 spiro atoms. The minimum absolute atomic E-state index is 0.0363. The zero-order valence-corrected chi connectivity index (χ0v) is 10.2. The van der Waals surface area contributed by atoms with Crippen molar-refractivity contribution in [2.45, 2.75) is 12.8 Å². The number of amides is 1. The Labute approximate surface area is 106 Å². The van der Waals surface area contributed by atoms with Crippen LogP contribution in [0.25, 0.3) is 0 Å². The molecule has 1 aliphatic heterocycles. The highest BCUT2D eigenvalue weighted by atomic mass is 16.3. The molecular formula is C12H18N4O2. The number of anilines is 1. The SMILES string of the molecule is NNc1cnccc1C(=O)N1CCC(CCO)C1. The van der Waals surface area contributed by atoms with E-state index >= 15 is 0 Å². The standard InChI is InChI=1S/C12H18N4O2/c13-15-11-7-14-4-1-10(11)12(18)16-5-2-9(8-16)3-6-17/h1,4,7,9,15,17H,2-3,5-6,8,13H2. The number of aliphatic hydroxyl groups excluding tert-OH is 1. The number of aromatic nitrogens is 1. The molecule has 1 unspecified atom stereocenters. The Hall–Kier alpha value is -1.66. The number of nitrogens with one attached hydrogen (secondary N) is 1. The molecule has 6 nitrogen and oxygen atoms in total. The number of pyridine rings is 1. The van der Waals surface area contributed by atoms with Gasteiger partial charge in [-0.1, -0.05) is 0 Å². The van der Waals surface area contributed by atoms with Crippen molar-refractivity contribution >= 4 is 11.6 Å². The average molecular weight is 250 g/mol. The average Bonchev–Trinajstić information content (AvgIpc) is 2.87. The molecule has 0 radical (unpaired) electrons. The minimum Gasteiger partial charge on any atom is -0.396 e. The summed E-state index contributed by atoms with van der Waals surface area (Å²) in [7, 11) is 0. The first kappa shape index (κ1) is 12.8. The van der Waals surface area contributed by atoms with Crippen molar-refractivity contribution in [3.63, 3.8) is 0 Å². The first-order chi connectivity index (χ1) is 8.76. The number of nitrogen functional groups attached to an aromatic ring is 1. The van der Waals surface area contributed by atoms with E-state index in [4.69, 9.17) is 10.9 Å². The van der Waals surface area contributed by atoms with Crippen molar-refractivity contribution in [1.29, 1.82) is 0 Å². The second kappa shape index (κ2) is 5.79. The third kappa shape index (κ3) is 2.60. The topological polar surface area (TPSA) is 91.5 Å². The molecule has 98 valence electrons. The third-order valence-electron chi connectivity index (χ3n) is 3.32. The third-order valence-corrected chi connectivity index (χ3v) is 3.32. The predicted molar refractivity (Wildman–Crippen MR) is 67.8 cm³/mol. The number of hydrogen-bond acceptors (Lipinski definition) is 5. The Morgan fingerprint density at radius 1 is 1.67 bits per heavy atom. The quantitative estimate of drug-likeness (QED) is 0.525. The van der Waals surface area contributed by atoms with Gasteiger partial charge in [0.05, 0.1) is 17.4 Å². The summed E-state index contributed by atoms with van der Waals surface area (Å²) >= 11 is 0. The number of rotatable bonds is 4. The van der Waals surface area contributed by atoms with E-state index in [1.54, 1.807) is 17.2 Å². The molecule has 0 aromatic carbocycles. The van der Waals surface area contributed by atoms with Crippen LogP contribution in [0.15, 0.2) is 18.5 Å². The molecule has 2 rings (SSSR count). The minimum atomic E-state index is -0.0363. The maximum Gasteiger partial charge on any atom is 0.256 e. The molecule has 0 saturated carbocycles. The maximum atomic E-state index is 12.3. The second-order valence-corrected chi connectivity index (χ2v) is 4.48. The van der Waals surface area contributed by atoms with Crippen molar-refractivity contribution in [2.75, 3.05) is 25.1 Å². The number of hydrazine groups is 1. The largest absolute Gasteiger partial charge is 0.396 e. The monoisotopic (exact) mass is 250 g/mol. The summed E-state index contributed by atoms with van der Waals surface area (Å²) in [5.74, 6) is 5.73. The van der Waals surface area contributed by atoms with Crippen LogP contribution < -0.4 is 11.3 Å². The smallest absolute Gasteiger partial charge is 0.256 e. The fourth-order valence-electron chi connectivity index (χ4n) is 2.30. The summed E-state index contributed by atoms with van der Waals surface area (Å²) in [6.45, 7) is 1.61. The molecule has 1 fully saturated rings. The van der Waals surface area contributed by atoms with Crippen LogP contribution in [0.4, 0.5) is 5.69 Å². The number of likely N-dealkylation sites (tertiary alicyclic amines) is 1. The van der Waals surface area contributed by atoms with E-state index in [2.05, 4.69) is 10.4 Å². The van der Waals surface area contributed by atoms with Gasteiger partial charge in [-0.05, 0) is 24.8 Å². The van der Waals surface area contributed by atoms with Gasteiger partial charge in [0.2, 0.25) is 0 Å². The lowest BCUT2D eigenvalue weighted by Gasteiger charge is -2.18. The van der Waals surface area contributed by atoms with Crippen molar-refractivity contribution in [2.24, 2.45) is 11.8 Å². The van der Waals surface area contributed by atoms with Crippen molar-refractivity contribution in [3.05, 3.63) is 24.0 Å². The van der Waals surface area contributed by atoms with E-state index in [0.29, 0.717) is 23.7 Å². The molecule has 1 aromatic heterocycles. The second-order valence-electron chi connectivity index (χ2n) is 4.48. The Bertz CT molecular complexity index is 424. The van der Waals surface area contributed by atoms with Crippen LogP contribution in [0.1, 0.15) is 23.2 Å². The zero-order chi connectivity index (χ0) is 13.0. The molecule has 2 heterocycles. The Morgan fingerprint density at radius 3 is 3.22 bits per heavy atom. The molecule has 6 heteroatoms. The zero-order valence-electron chi connectivity index (χ0n) is 10.2. The Morgan fingerprint density at radius 2 is 2.50 bits per heavy atom. The lowest BCUT2D eigenvalue weighted by molar-refractivity contribution is 0.0785. The molecular weight excluding hydrogens is 232 g/mol. The molecule has 18 heavy (non-hydrogen) atoms. The van der Waals surface area contributed by atoms with Crippen LogP contribution in [-0.2, 0) is 0 Å². The van der Waals surface area contributed by atoms with Gasteiger partial charge < -0.3 is 15.4 Å². The first-order valence-corrected chi connectivity index (χ1v) is 6.07. The normalized spacial score (nSPS) is 19.0. The molecule has 4 N–H and O–H groups in total. The highest BCUT2D eigenvalue weighted by Crippen LogP contribution is 2.23. The fourth-order valence-corrected chi connectivity index (χ4v) is 2.30. The van der Waals surface area contributed by atoms with Crippen molar-refractivity contribution in [1.82, 2.24) is 9.88 Å². The van der Waals surface area contributed by atoms with Gasteiger partial charge in [0.25, 0.3) is 5.91 Å². The van der Waals surface area contributed by atoms with Gasteiger partial charge in [-0.2, -0.15) is 0 Å². The summed E-state index contributed by atoms with van der Waals surface area (Å²) in [5.41, 5.74) is 3.56. The van der Waals surface area contributed by atoms with Crippen LogP contribution in [0.3, 0.4) is 0 Å². The van der Waals surface area contributed by atoms with Gasteiger partial charge in [0.15, 0.2) is 0 Å². The summed E-state index contributed by atoms with van der Waals surface area (Å²) < 4.78 is 0. The van der Waals surface area contributed by atoms with E-state index in [1.807, 2.05) is 0 Å². The van der Waals surface area contributed by atoms with E-state index in [1.165, 1.54) is 6.20 Å². The van der Waals surface area contributed by atoms with Gasteiger partial charge in [-0.3, -0.25) is 15.6 Å². The van der Waals surface area contributed by atoms with Crippen LogP contribution in [0.2, 0.25) is 0 Å². The number of aliphatic hydroxyl groups is 1. The number of nitrogens with two attached hydrogens (primary N) is 1. The lowest BCUT2D eigenvalue weighted by Crippen LogP contribution is -2.30. The molecule has 1 aromatic rings. The van der Waals surface area contributed by atoms with Crippen LogP contribution in [0.5, 0.6) is 0 Å². The van der Waals surface area contributed by atoms with Crippen LogP contribution >= 0.6 is 0 Å². The fraction of sp³-hybridized carbons (Fsp3) is 0.500. The number of carbonyl (C=O) groups excluding carboxylic acids is 1. The van der Waals surface area contributed by atoms with E-state index in [-0.39, 0.29) is 12.5 Å². The first-order valence-electron chi connectivity index (χ1n) is 6.07. The van der Waals surface area contributed by atoms with Crippen molar-refractivity contribution in [3.8, 4) is 0 Å². The number of carbonyl (C=O) groups is 1. The van der Waals surface area contributed by atoms with Gasteiger partial charge in [-0.25, -0.2) is 0 Å². The molecule has 1 aliphatic rings. The van der Waals surface area contributed by atoms with Crippen molar-refractivity contribution < 1.29 is 9.90 Å². The van der Waals surface area contributed by atoms with E-state index < -0.39 is 0 Å². The van der Waals surface area contributed by atoms with E-state index in [9.17, 15) is 4.79 Å². The summed E-state index contributed by atoms with van der Waals surface area (Å²) in [4.78, 5) is 18.0. The summed E-state index contributed by atoms with van der Waals surface area (Å²) in [6.07, 6.45) is 4.81. The molecule has 1 saturated heterocycles. The van der Waals surface area contributed by atoms with Gasteiger partial charge in [0.1, 0.15) is 0 Å². The maximum absolute atomic E-state index is 12.3. The molecule has 0 aliphatic carbocycles. The lowest BCUT2D eigenvalue weighted by atomic mass is 10.1. The van der Waals surface area contributed by atoms with Gasteiger partial charge in [0, 0.05) is 25.9 Å². The predicted octanol–water partition coefficient (Wildman–Crippen LogP) is 0.212. The highest BCUT2D eigenvalue weighted by molar-refractivity contribution is 5.99. The summed E-state index contributed by atoms with van der Waals surface area (Å²) in [6, 6.07) is 1.66. The molecule has 1 atom stereocenters. The van der Waals surface area contributed by atoms with Gasteiger partial charge in [-0.15, -0.1) is 0 Å². The highest BCUT2D eigenvalue weighted by Gasteiger charge is 2.27. The van der Waals surface area contributed by atoms with Crippen LogP contribution in [0, 0.1) is 5.92 Å². The summed E-state index contributed by atoms with van der Waals surface area (Å²) in [5, 5.41) is 8.91. The molecule has 0 bridgehead atoms. The number of nitrogens with zero attached hydrogens (tertiary/aromatic N) is 2. The van der Waals surface area contributed by atoms with Gasteiger partial charge >= 0.3 is 0 Å². The van der Waals surface area contributed by atoms with E-state index in [0.717, 1.165) is 19.4 Å². The Balaban J connectivity index is 2.08. The Kier molecular flexibility index (Phi) is 4.11. The van der Waals surface area contributed by atoms with Crippen LogP contribution in [-0.4, -0.2) is 40.6 Å².